The fourth-order valence-corrected chi connectivity index (χ4v) is 0.429. The van der Waals surface area contributed by atoms with Crippen molar-refractivity contribution in [3.8, 4) is 0 Å². The van der Waals surface area contributed by atoms with Gasteiger partial charge >= 0.3 is 0 Å². The van der Waals surface area contributed by atoms with Crippen molar-refractivity contribution in [1.29, 1.82) is 0 Å². The molecule has 46 valence electrons. The van der Waals surface area contributed by atoms with E-state index in [0.29, 0.717) is 0 Å². The van der Waals surface area contributed by atoms with Crippen LogP contribution < -0.4 is 0 Å². The van der Waals surface area contributed by atoms with Gasteiger partial charge in [0.2, 0.25) is 0 Å². The van der Waals surface area contributed by atoms with Gasteiger partial charge in [0.25, 0.3) is 0 Å². The summed E-state index contributed by atoms with van der Waals surface area (Å²) < 4.78 is 0. The lowest BCUT2D eigenvalue weighted by molar-refractivity contribution is 1.04. The Labute approximate surface area is 51.9 Å². The lowest BCUT2D eigenvalue weighted by Crippen LogP contribution is -1.71. The summed E-state index contributed by atoms with van der Waals surface area (Å²) in [5, 5.41) is 0. The molecule has 8 heavy (non-hydrogen) atoms. The zero-order valence-electron chi connectivity index (χ0n) is 5.78. The van der Waals surface area contributed by atoms with Gasteiger partial charge in [-0.25, -0.2) is 0 Å². The Hall–Kier alpha value is -0.520. The van der Waals surface area contributed by atoms with E-state index in [1.54, 1.807) is 0 Å². The second kappa shape index (κ2) is 4.63. The summed E-state index contributed by atoms with van der Waals surface area (Å²) in [6.07, 6.45) is 6.34. The first kappa shape index (κ1) is 7.48. The third-order valence-corrected chi connectivity index (χ3v) is 1.14. The van der Waals surface area contributed by atoms with Gasteiger partial charge in [-0.3, -0.25) is 0 Å². The second-order valence-electron chi connectivity index (χ2n) is 1.88. The van der Waals surface area contributed by atoms with E-state index in [-0.39, 0.29) is 0 Å². The van der Waals surface area contributed by atoms with E-state index in [2.05, 4.69) is 25.7 Å². The van der Waals surface area contributed by atoms with Crippen molar-refractivity contribution < 1.29 is 0 Å². The molecule has 0 N–H and O–H groups in total. The van der Waals surface area contributed by atoms with Crippen molar-refractivity contribution in [2.75, 3.05) is 0 Å². The van der Waals surface area contributed by atoms with Crippen molar-refractivity contribution >= 4 is 0 Å². The molecule has 0 aromatic rings. The third-order valence-electron chi connectivity index (χ3n) is 1.14. The highest BCUT2D eigenvalue weighted by atomic mass is 13.9. The SMILES string of the molecule is C=C(CC)C/C=C/C. The molecule has 0 bridgehead atoms. The molecule has 0 amide bonds. The largest absolute Gasteiger partial charge is 0.0996 e. The van der Waals surface area contributed by atoms with E-state index in [1.165, 1.54) is 5.57 Å². The molecule has 0 rings (SSSR count). The maximum absolute atomic E-state index is 3.86. The molecule has 0 saturated heterocycles. The van der Waals surface area contributed by atoms with Crippen LogP contribution in [0.4, 0.5) is 0 Å². The van der Waals surface area contributed by atoms with Gasteiger partial charge in [0.1, 0.15) is 0 Å². The standard InChI is InChI=1S/C8H14/c1-4-6-7-8(3)5-2/h4,6H,3,5,7H2,1-2H3/b6-4+. The summed E-state index contributed by atoms with van der Waals surface area (Å²) >= 11 is 0. The van der Waals surface area contributed by atoms with Crippen LogP contribution in [0.5, 0.6) is 0 Å². The predicted octanol–water partition coefficient (Wildman–Crippen LogP) is 2.92. The van der Waals surface area contributed by atoms with Gasteiger partial charge in [0.15, 0.2) is 0 Å². The molecular weight excluding hydrogens is 96.1 g/mol. The molecule has 0 aromatic carbocycles. The third kappa shape index (κ3) is 3.66. The first-order valence-corrected chi connectivity index (χ1v) is 3.09. The molecule has 0 fully saturated rings. The summed E-state index contributed by atoms with van der Waals surface area (Å²) in [4.78, 5) is 0. The Morgan fingerprint density at radius 3 is 2.62 bits per heavy atom. The van der Waals surface area contributed by atoms with Crippen LogP contribution in [0.2, 0.25) is 0 Å². The van der Waals surface area contributed by atoms with Crippen molar-refractivity contribution in [3.63, 3.8) is 0 Å². The number of allylic oxidation sites excluding steroid dienone is 3. The molecule has 0 aliphatic heterocycles. The molecular formula is C8H14. The fourth-order valence-electron chi connectivity index (χ4n) is 0.429. The highest BCUT2D eigenvalue weighted by molar-refractivity contribution is 5.00. The summed E-state index contributed by atoms with van der Waals surface area (Å²) in [6.45, 7) is 8.02. The minimum absolute atomic E-state index is 1.05. The molecule has 0 nitrogen and oxygen atoms in total. The highest BCUT2D eigenvalue weighted by Crippen LogP contribution is 2.02. The lowest BCUT2D eigenvalue weighted by atomic mass is 10.1. The molecule has 0 spiro atoms. The number of hydrogen-bond acceptors (Lipinski definition) is 0. The molecule has 0 heteroatoms. The lowest BCUT2D eigenvalue weighted by Gasteiger charge is -1.92. The van der Waals surface area contributed by atoms with E-state index in [1.807, 2.05) is 6.92 Å². The Morgan fingerprint density at radius 2 is 2.25 bits per heavy atom. The van der Waals surface area contributed by atoms with E-state index in [9.17, 15) is 0 Å². The average Bonchev–Trinajstić information content (AvgIpc) is 1.83. The van der Waals surface area contributed by atoms with Gasteiger partial charge < -0.3 is 0 Å². The van der Waals surface area contributed by atoms with Crippen LogP contribution >= 0.6 is 0 Å². The first-order chi connectivity index (χ1) is 3.81. The van der Waals surface area contributed by atoms with Gasteiger partial charge in [-0.2, -0.15) is 0 Å². The summed E-state index contributed by atoms with van der Waals surface area (Å²) in [5.41, 5.74) is 1.31. The van der Waals surface area contributed by atoms with Gasteiger partial charge in [-0.1, -0.05) is 31.2 Å². The predicted molar refractivity (Wildman–Crippen MR) is 38.9 cm³/mol. The number of rotatable bonds is 3. The van der Waals surface area contributed by atoms with Crippen LogP contribution in [0, 0.1) is 0 Å². The van der Waals surface area contributed by atoms with Gasteiger partial charge in [-0.15, -0.1) is 0 Å². The number of hydrogen-bond donors (Lipinski definition) is 0. The maximum Gasteiger partial charge on any atom is -0.0142 e. The minimum Gasteiger partial charge on any atom is -0.0996 e. The Bertz CT molecular complexity index is 88.2. The van der Waals surface area contributed by atoms with Crippen molar-refractivity contribution in [2.45, 2.75) is 26.7 Å². The topological polar surface area (TPSA) is 0 Å². The highest BCUT2D eigenvalue weighted by Gasteiger charge is 1.81. The Kier molecular flexibility index (Phi) is 4.33. The van der Waals surface area contributed by atoms with Crippen LogP contribution in [0.1, 0.15) is 26.7 Å². The zero-order chi connectivity index (χ0) is 6.41. The summed E-state index contributed by atoms with van der Waals surface area (Å²) in [6, 6.07) is 0. The van der Waals surface area contributed by atoms with Crippen molar-refractivity contribution in [1.82, 2.24) is 0 Å². The van der Waals surface area contributed by atoms with Crippen LogP contribution in [0.15, 0.2) is 24.3 Å². The molecule has 0 unspecified atom stereocenters. The molecule has 0 saturated carbocycles. The van der Waals surface area contributed by atoms with Gasteiger partial charge in [0.05, 0.1) is 0 Å². The zero-order valence-corrected chi connectivity index (χ0v) is 5.78. The summed E-state index contributed by atoms with van der Waals surface area (Å²) in [7, 11) is 0. The molecule has 0 atom stereocenters. The van der Waals surface area contributed by atoms with Crippen molar-refractivity contribution in [3.05, 3.63) is 24.3 Å². The van der Waals surface area contributed by atoms with E-state index in [0.717, 1.165) is 12.8 Å². The fraction of sp³-hybridized carbons (Fsp3) is 0.500. The van der Waals surface area contributed by atoms with Crippen LogP contribution in [0.3, 0.4) is 0 Å². The van der Waals surface area contributed by atoms with E-state index >= 15 is 0 Å². The van der Waals surface area contributed by atoms with Crippen LogP contribution in [-0.4, -0.2) is 0 Å². The quantitative estimate of drug-likeness (QED) is 0.490. The molecule has 0 radical (unpaired) electrons. The van der Waals surface area contributed by atoms with Crippen LogP contribution in [-0.2, 0) is 0 Å². The van der Waals surface area contributed by atoms with E-state index < -0.39 is 0 Å². The second-order valence-corrected chi connectivity index (χ2v) is 1.88. The molecule has 0 aliphatic carbocycles. The molecule has 0 aromatic heterocycles. The minimum atomic E-state index is 1.05. The van der Waals surface area contributed by atoms with Crippen molar-refractivity contribution in [2.24, 2.45) is 0 Å². The Balaban J connectivity index is 3.25. The Morgan fingerprint density at radius 1 is 1.62 bits per heavy atom. The monoisotopic (exact) mass is 110 g/mol. The van der Waals surface area contributed by atoms with Gasteiger partial charge in [-0.05, 0) is 19.8 Å². The molecule has 0 aliphatic rings. The van der Waals surface area contributed by atoms with Crippen LogP contribution in [0.25, 0.3) is 0 Å². The summed E-state index contributed by atoms with van der Waals surface area (Å²) in [5.74, 6) is 0. The van der Waals surface area contributed by atoms with Gasteiger partial charge in [0, 0.05) is 0 Å². The van der Waals surface area contributed by atoms with E-state index in [4.69, 9.17) is 0 Å². The normalized spacial score (nSPS) is 10.2. The maximum atomic E-state index is 3.86. The average molecular weight is 110 g/mol. The first-order valence-electron chi connectivity index (χ1n) is 3.09. The smallest absolute Gasteiger partial charge is 0.0142 e. The molecule has 0 heterocycles.